The van der Waals surface area contributed by atoms with Gasteiger partial charge in [-0.05, 0) is 73.3 Å². The highest BCUT2D eigenvalue weighted by Crippen LogP contribution is 2.33. The molecule has 1 fully saturated rings. The molecule has 0 radical (unpaired) electrons. The second-order valence-electron chi connectivity index (χ2n) is 8.91. The molecule has 4 aromatic rings. The van der Waals surface area contributed by atoms with Crippen molar-refractivity contribution in [1.29, 1.82) is 0 Å². The van der Waals surface area contributed by atoms with Crippen LogP contribution in [-0.4, -0.2) is 40.6 Å². The molecule has 1 saturated heterocycles. The smallest absolute Gasteiger partial charge is 0.337 e. The lowest BCUT2D eigenvalue weighted by Gasteiger charge is -2.32. The number of pyridine rings is 1. The van der Waals surface area contributed by atoms with E-state index in [0.717, 1.165) is 42.7 Å². The summed E-state index contributed by atoms with van der Waals surface area (Å²) in [5.74, 6) is 0.0172. The van der Waals surface area contributed by atoms with Crippen molar-refractivity contribution in [3.63, 3.8) is 0 Å². The highest BCUT2D eigenvalue weighted by molar-refractivity contribution is 5.89. The fourth-order valence-electron chi connectivity index (χ4n) is 4.93. The Kier molecular flexibility index (Phi) is 6.41. The van der Waals surface area contributed by atoms with Gasteiger partial charge in [0.1, 0.15) is 11.5 Å². The van der Waals surface area contributed by atoms with Crippen molar-refractivity contribution in [2.45, 2.75) is 31.8 Å². The maximum atomic E-state index is 14.0. The SMILES string of the molecule is COC(=O)c1ccc(Cn2ccc3c(C4CCN(Cc5ccccc5F)CC4)ccnc32)cc1. The van der Waals surface area contributed by atoms with Crippen LogP contribution >= 0.6 is 0 Å². The predicted octanol–water partition coefficient (Wildman–Crippen LogP) is 5.39. The molecule has 5 nitrogen and oxygen atoms in total. The quantitative estimate of drug-likeness (QED) is 0.364. The van der Waals surface area contributed by atoms with Crippen LogP contribution in [0.15, 0.2) is 73.1 Å². The lowest BCUT2D eigenvalue weighted by Crippen LogP contribution is -2.32. The Labute approximate surface area is 198 Å². The van der Waals surface area contributed by atoms with Gasteiger partial charge in [0.15, 0.2) is 0 Å². The van der Waals surface area contributed by atoms with E-state index in [1.54, 1.807) is 18.2 Å². The van der Waals surface area contributed by atoms with E-state index in [1.807, 2.05) is 30.5 Å². The molecule has 0 atom stereocenters. The molecule has 0 amide bonds. The number of likely N-dealkylation sites (tertiary alicyclic amines) is 1. The fourth-order valence-corrected chi connectivity index (χ4v) is 4.93. The van der Waals surface area contributed by atoms with Crippen LogP contribution in [0.25, 0.3) is 11.0 Å². The summed E-state index contributed by atoms with van der Waals surface area (Å²) >= 11 is 0. The van der Waals surface area contributed by atoms with E-state index in [4.69, 9.17) is 4.74 Å². The number of methoxy groups -OCH3 is 1. The number of aromatic nitrogens is 2. The first kappa shape index (κ1) is 22.3. The first-order valence-electron chi connectivity index (χ1n) is 11.7. The molecule has 0 bridgehead atoms. The molecule has 174 valence electrons. The van der Waals surface area contributed by atoms with E-state index in [1.165, 1.54) is 24.1 Å². The fraction of sp³-hybridized carbons (Fsp3) is 0.286. The molecule has 1 aliphatic heterocycles. The highest BCUT2D eigenvalue weighted by Gasteiger charge is 2.23. The summed E-state index contributed by atoms with van der Waals surface area (Å²) in [5.41, 5.74) is 4.73. The molecule has 0 unspecified atom stereocenters. The Morgan fingerprint density at radius 3 is 2.53 bits per heavy atom. The molecule has 5 rings (SSSR count). The summed E-state index contributed by atoms with van der Waals surface area (Å²) in [7, 11) is 1.39. The minimum absolute atomic E-state index is 0.123. The number of halogens is 1. The number of nitrogens with zero attached hydrogens (tertiary/aromatic N) is 3. The van der Waals surface area contributed by atoms with Crippen LogP contribution in [-0.2, 0) is 17.8 Å². The monoisotopic (exact) mass is 457 g/mol. The lowest BCUT2D eigenvalue weighted by atomic mass is 9.88. The maximum Gasteiger partial charge on any atom is 0.337 e. The Hall–Kier alpha value is -3.51. The maximum absolute atomic E-state index is 14.0. The number of hydrogen-bond donors (Lipinski definition) is 0. The Balaban J connectivity index is 1.28. The van der Waals surface area contributed by atoms with Gasteiger partial charge in [-0.25, -0.2) is 14.2 Å². The van der Waals surface area contributed by atoms with Gasteiger partial charge in [0.2, 0.25) is 0 Å². The molecule has 6 heteroatoms. The van der Waals surface area contributed by atoms with Gasteiger partial charge in [0.05, 0.1) is 12.7 Å². The third kappa shape index (κ3) is 4.59. The number of fused-ring (bicyclic) bond motifs is 1. The summed E-state index contributed by atoms with van der Waals surface area (Å²) in [5, 5.41) is 1.20. The van der Waals surface area contributed by atoms with Gasteiger partial charge in [-0.2, -0.15) is 0 Å². The number of ether oxygens (including phenoxy) is 1. The molecule has 3 heterocycles. The van der Waals surface area contributed by atoms with Crippen LogP contribution in [0.4, 0.5) is 4.39 Å². The molecule has 1 aliphatic rings. The van der Waals surface area contributed by atoms with Crippen molar-refractivity contribution in [1.82, 2.24) is 14.5 Å². The van der Waals surface area contributed by atoms with Crippen LogP contribution in [0.3, 0.4) is 0 Å². The topological polar surface area (TPSA) is 47.4 Å². The van der Waals surface area contributed by atoms with Crippen molar-refractivity contribution in [3.8, 4) is 0 Å². The standard InChI is InChI=1S/C28H28FN3O2/c1-34-28(33)22-8-6-20(7-9-22)18-32-17-13-25-24(10-14-30-27(25)32)21-11-15-31(16-12-21)19-23-4-2-3-5-26(23)29/h2-10,13-14,17,21H,11-12,15-16,18-19H2,1H3. The second-order valence-corrected chi connectivity index (χ2v) is 8.91. The van der Waals surface area contributed by atoms with Crippen LogP contribution in [0.2, 0.25) is 0 Å². The zero-order chi connectivity index (χ0) is 23.5. The Morgan fingerprint density at radius 2 is 1.79 bits per heavy atom. The molecule has 0 aliphatic carbocycles. The Bertz CT molecular complexity index is 1290. The van der Waals surface area contributed by atoms with Crippen LogP contribution in [0.1, 0.15) is 45.8 Å². The van der Waals surface area contributed by atoms with E-state index in [9.17, 15) is 9.18 Å². The largest absolute Gasteiger partial charge is 0.465 e. The number of benzene rings is 2. The van der Waals surface area contributed by atoms with Crippen molar-refractivity contribution in [3.05, 3.63) is 101 Å². The van der Waals surface area contributed by atoms with Gasteiger partial charge >= 0.3 is 5.97 Å². The summed E-state index contributed by atoms with van der Waals surface area (Å²) in [6.07, 6.45) is 6.09. The highest BCUT2D eigenvalue weighted by atomic mass is 19.1. The summed E-state index contributed by atoms with van der Waals surface area (Å²) < 4.78 is 21.0. The van der Waals surface area contributed by atoms with E-state index >= 15 is 0 Å². The molecule has 2 aromatic carbocycles. The lowest BCUT2D eigenvalue weighted by molar-refractivity contribution is 0.0600. The average molecular weight is 458 g/mol. The second kappa shape index (κ2) is 9.77. The number of hydrogen-bond acceptors (Lipinski definition) is 4. The molecular weight excluding hydrogens is 429 g/mol. The molecular formula is C28H28FN3O2. The van der Waals surface area contributed by atoms with Crippen molar-refractivity contribution < 1.29 is 13.9 Å². The zero-order valence-corrected chi connectivity index (χ0v) is 19.3. The normalized spacial score (nSPS) is 15.0. The first-order valence-corrected chi connectivity index (χ1v) is 11.7. The molecule has 0 spiro atoms. The predicted molar refractivity (Wildman–Crippen MR) is 130 cm³/mol. The van der Waals surface area contributed by atoms with E-state index in [-0.39, 0.29) is 11.8 Å². The van der Waals surface area contributed by atoms with Crippen LogP contribution in [0, 0.1) is 5.82 Å². The van der Waals surface area contributed by atoms with Gasteiger partial charge in [-0.15, -0.1) is 0 Å². The number of carbonyl (C=O) groups is 1. The van der Waals surface area contributed by atoms with E-state index in [2.05, 4.69) is 32.8 Å². The summed E-state index contributed by atoms with van der Waals surface area (Å²) in [6.45, 7) is 3.25. The van der Waals surface area contributed by atoms with Crippen molar-refractivity contribution in [2.24, 2.45) is 0 Å². The molecule has 2 aromatic heterocycles. The van der Waals surface area contributed by atoms with Crippen LogP contribution < -0.4 is 0 Å². The van der Waals surface area contributed by atoms with E-state index in [0.29, 0.717) is 24.6 Å². The molecule has 0 N–H and O–H groups in total. The Morgan fingerprint density at radius 1 is 1.03 bits per heavy atom. The number of piperidine rings is 1. The average Bonchev–Trinajstić information content (AvgIpc) is 3.29. The first-order chi connectivity index (χ1) is 16.6. The van der Waals surface area contributed by atoms with Gasteiger partial charge in [-0.3, -0.25) is 4.90 Å². The number of rotatable bonds is 6. The summed E-state index contributed by atoms with van der Waals surface area (Å²) in [4.78, 5) is 18.7. The molecule has 0 saturated carbocycles. The van der Waals surface area contributed by atoms with Crippen molar-refractivity contribution >= 4 is 17.0 Å². The minimum Gasteiger partial charge on any atom is -0.465 e. The molecule has 34 heavy (non-hydrogen) atoms. The number of carbonyl (C=O) groups excluding carboxylic acids is 1. The third-order valence-electron chi connectivity index (χ3n) is 6.80. The van der Waals surface area contributed by atoms with Gasteiger partial charge < -0.3 is 9.30 Å². The number of esters is 1. The van der Waals surface area contributed by atoms with Gasteiger partial charge in [0, 0.05) is 36.4 Å². The minimum atomic E-state index is -0.329. The van der Waals surface area contributed by atoms with E-state index < -0.39 is 0 Å². The zero-order valence-electron chi connectivity index (χ0n) is 19.3. The summed E-state index contributed by atoms with van der Waals surface area (Å²) in [6, 6.07) is 18.8. The van der Waals surface area contributed by atoms with Crippen LogP contribution in [0.5, 0.6) is 0 Å². The van der Waals surface area contributed by atoms with Gasteiger partial charge in [-0.1, -0.05) is 30.3 Å². The van der Waals surface area contributed by atoms with Crippen molar-refractivity contribution in [2.75, 3.05) is 20.2 Å². The van der Waals surface area contributed by atoms with Gasteiger partial charge in [0.25, 0.3) is 0 Å². The third-order valence-corrected chi connectivity index (χ3v) is 6.80.